The number of hydrogen-bond acceptors (Lipinski definition) is 5. The molecule has 0 bridgehead atoms. The van der Waals surface area contributed by atoms with E-state index in [2.05, 4.69) is 20.9 Å². The fourth-order valence-electron chi connectivity index (χ4n) is 2.19. The Labute approximate surface area is 166 Å². The van der Waals surface area contributed by atoms with E-state index in [9.17, 15) is 9.59 Å². The van der Waals surface area contributed by atoms with Gasteiger partial charge >= 0.3 is 6.03 Å². The monoisotopic (exact) mass is 408 g/mol. The van der Waals surface area contributed by atoms with E-state index in [1.165, 1.54) is 6.20 Å². The number of anilines is 1. The largest absolute Gasteiger partial charge is 0.438 e. The van der Waals surface area contributed by atoms with Crippen molar-refractivity contribution < 1.29 is 14.3 Å². The minimum Gasteiger partial charge on any atom is -0.438 e. The lowest BCUT2D eigenvalue weighted by Crippen LogP contribution is -2.46. The summed E-state index contributed by atoms with van der Waals surface area (Å²) in [5.41, 5.74) is 0.697. The summed E-state index contributed by atoms with van der Waals surface area (Å²) in [4.78, 5) is 27.7. The third-order valence-corrected chi connectivity index (χ3v) is 4.25. The molecule has 1 atom stereocenters. The Morgan fingerprint density at radius 3 is 2.56 bits per heavy atom. The van der Waals surface area contributed by atoms with Crippen LogP contribution in [0, 0.1) is 0 Å². The number of imide groups is 1. The minimum absolute atomic E-state index is 0.192. The van der Waals surface area contributed by atoms with Gasteiger partial charge in [0.1, 0.15) is 16.8 Å². The fourth-order valence-corrected chi connectivity index (χ4v) is 2.61. The summed E-state index contributed by atoms with van der Waals surface area (Å²) >= 11 is 11.8. The van der Waals surface area contributed by atoms with Crippen molar-refractivity contribution in [3.8, 4) is 11.6 Å². The number of benzene rings is 1. The van der Waals surface area contributed by atoms with Crippen LogP contribution in [-0.4, -0.2) is 29.0 Å². The first kappa shape index (κ1) is 19.3. The normalized spacial score (nSPS) is 14.2. The van der Waals surface area contributed by atoms with E-state index >= 15 is 0 Å². The zero-order valence-corrected chi connectivity index (χ0v) is 16.0. The summed E-state index contributed by atoms with van der Waals surface area (Å²) in [6, 6.07) is 7.58. The van der Waals surface area contributed by atoms with Gasteiger partial charge in [-0.3, -0.25) is 10.1 Å². The molecule has 3 amide bonds. The van der Waals surface area contributed by atoms with E-state index in [-0.39, 0.29) is 11.9 Å². The topological polar surface area (TPSA) is 92.3 Å². The van der Waals surface area contributed by atoms with Crippen LogP contribution >= 0.6 is 23.2 Å². The number of amides is 3. The molecule has 1 saturated carbocycles. The van der Waals surface area contributed by atoms with Crippen LogP contribution < -0.4 is 20.7 Å². The van der Waals surface area contributed by atoms with Crippen LogP contribution in [0.15, 0.2) is 36.5 Å². The van der Waals surface area contributed by atoms with Crippen LogP contribution in [0.5, 0.6) is 11.6 Å². The van der Waals surface area contributed by atoms with Gasteiger partial charge in [0.15, 0.2) is 0 Å². The molecule has 0 spiro atoms. The first-order chi connectivity index (χ1) is 12.9. The Morgan fingerprint density at radius 2 is 1.93 bits per heavy atom. The Balaban J connectivity index is 1.53. The summed E-state index contributed by atoms with van der Waals surface area (Å²) in [5, 5.41) is 8.76. The average Bonchev–Trinajstić information content (AvgIpc) is 3.42. The molecule has 0 radical (unpaired) electrons. The molecule has 2 aromatic rings. The number of nitrogens with one attached hydrogen (secondary N) is 3. The maximum absolute atomic E-state index is 12.0. The summed E-state index contributed by atoms with van der Waals surface area (Å²) in [6.45, 7) is 1.67. The average molecular weight is 409 g/mol. The molecule has 142 valence electrons. The van der Waals surface area contributed by atoms with E-state index < -0.39 is 18.0 Å². The number of ether oxygens (including phenoxy) is 1. The number of hydrogen-bond donors (Lipinski definition) is 3. The van der Waals surface area contributed by atoms with Gasteiger partial charge in [-0.1, -0.05) is 23.2 Å². The summed E-state index contributed by atoms with van der Waals surface area (Å²) in [7, 11) is 0. The Hall–Kier alpha value is -2.51. The lowest BCUT2D eigenvalue weighted by molar-refractivity contribution is -0.120. The molecule has 1 unspecified atom stereocenters. The van der Waals surface area contributed by atoms with Crippen LogP contribution in [0.4, 0.5) is 10.5 Å². The smallest absolute Gasteiger partial charge is 0.321 e. The van der Waals surface area contributed by atoms with Crippen molar-refractivity contribution in [2.75, 3.05) is 5.32 Å². The van der Waals surface area contributed by atoms with E-state index in [1.54, 1.807) is 37.3 Å². The lowest BCUT2D eigenvalue weighted by atomic mass is 10.2. The highest BCUT2D eigenvalue weighted by Crippen LogP contribution is 2.29. The van der Waals surface area contributed by atoms with Gasteiger partial charge in [0.25, 0.3) is 0 Å². The van der Waals surface area contributed by atoms with Crippen molar-refractivity contribution in [3.05, 3.63) is 46.6 Å². The quantitative estimate of drug-likeness (QED) is 0.672. The van der Waals surface area contributed by atoms with Crippen LogP contribution in [0.3, 0.4) is 0 Å². The number of pyridine rings is 1. The predicted octanol–water partition coefficient (Wildman–Crippen LogP) is 3.97. The number of carbonyl (C=O) groups excluding carboxylic acids is 2. The molecule has 3 N–H and O–H groups in total. The fraction of sp³-hybridized carbons (Fsp3) is 0.278. The zero-order valence-electron chi connectivity index (χ0n) is 14.5. The first-order valence-electron chi connectivity index (χ1n) is 8.37. The zero-order chi connectivity index (χ0) is 19.4. The van der Waals surface area contributed by atoms with Gasteiger partial charge < -0.3 is 15.4 Å². The molecular weight excluding hydrogens is 391 g/mol. The maximum Gasteiger partial charge on any atom is 0.321 e. The summed E-state index contributed by atoms with van der Waals surface area (Å²) < 4.78 is 5.61. The van der Waals surface area contributed by atoms with Gasteiger partial charge in [-0.15, -0.1) is 0 Å². The summed E-state index contributed by atoms with van der Waals surface area (Å²) in [5.74, 6) is 0.361. The van der Waals surface area contributed by atoms with Crippen LogP contribution in [0.25, 0.3) is 0 Å². The molecule has 1 aromatic heterocycles. The van der Waals surface area contributed by atoms with E-state index in [0.29, 0.717) is 21.5 Å². The third kappa shape index (κ3) is 5.74. The summed E-state index contributed by atoms with van der Waals surface area (Å²) in [6.07, 6.45) is 3.36. The standard InChI is InChI=1S/C18H18Cl2N4O3/c1-10(16(25)24-18(26)23-13-2-3-13)22-12-4-6-14(7-5-12)27-17-15(20)8-11(19)9-21-17/h4-10,13,22H,2-3H2,1H3,(H2,23,24,25,26). The molecule has 1 heterocycles. The molecule has 1 aliphatic carbocycles. The molecule has 1 aliphatic rings. The van der Waals surface area contributed by atoms with Gasteiger partial charge in [-0.2, -0.15) is 0 Å². The number of nitrogens with zero attached hydrogens (tertiary/aromatic N) is 1. The van der Waals surface area contributed by atoms with Gasteiger partial charge in [0.2, 0.25) is 11.8 Å². The maximum atomic E-state index is 12.0. The van der Waals surface area contributed by atoms with Crippen LogP contribution in [0.2, 0.25) is 10.0 Å². The van der Waals surface area contributed by atoms with Crippen molar-refractivity contribution in [3.63, 3.8) is 0 Å². The highest BCUT2D eigenvalue weighted by Gasteiger charge is 2.24. The van der Waals surface area contributed by atoms with E-state index in [1.807, 2.05) is 0 Å². The second-order valence-electron chi connectivity index (χ2n) is 6.17. The minimum atomic E-state index is -0.589. The Morgan fingerprint density at radius 1 is 1.22 bits per heavy atom. The second kappa shape index (κ2) is 8.45. The Kier molecular flexibility index (Phi) is 6.03. The van der Waals surface area contributed by atoms with Gasteiger partial charge in [-0.05, 0) is 50.1 Å². The number of carbonyl (C=O) groups is 2. The second-order valence-corrected chi connectivity index (χ2v) is 7.01. The molecule has 3 rings (SSSR count). The number of urea groups is 1. The molecular formula is C18H18Cl2N4O3. The van der Waals surface area contributed by atoms with Gasteiger partial charge in [0, 0.05) is 17.9 Å². The number of halogens is 2. The van der Waals surface area contributed by atoms with Crippen molar-refractivity contribution >= 4 is 40.8 Å². The third-order valence-electron chi connectivity index (χ3n) is 3.77. The molecule has 9 heteroatoms. The van der Waals surface area contributed by atoms with Crippen LogP contribution in [0.1, 0.15) is 19.8 Å². The molecule has 27 heavy (non-hydrogen) atoms. The van der Waals surface area contributed by atoms with Crippen molar-refractivity contribution in [2.24, 2.45) is 0 Å². The van der Waals surface area contributed by atoms with Crippen LogP contribution in [-0.2, 0) is 4.79 Å². The number of aromatic nitrogens is 1. The van der Waals surface area contributed by atoms with E-state index in [4.69, 9.17) is 27.9 Å². The van der Waals surface area contributed by atoms with Crippen molar-refractivity contribution in [2.45, 2.75) is 31.8 Å². The van der Waals surface area contributed by atoms with Gasteiger partial charge in [-0.25, -0.2) is 9.78 Å². The highest BCUT2D eigenvalue weighted by atomic mass is 35.5. The lowest BCUT2D eigenvalue weighted by Gasteiger charge is -2.15. The molecule has 0 aliphatic heterocycles. The van der Waals surface area contributed by atoms with Crippen molar-refractivity contribution in [1.82, 2.24) is 15.6 Å². The Bertz CT molecular complexity index is 841. The molecule has 0 saturated heterocycles. The first-order valence-corrected chi connectivity index (χ1v) is 9.13. The molecule has 1 aromatic carbocycles. The van der Waals surface area contributed by atoms with Crippen molar-refractivity contribution in [1.29, 1.82) is 0 Å². The number of rotatable bonds is 6. The van der Waals surface area contributed by atoms with E-state index in [0.717, 1.165) is 12.8 Å². The highest BCUT2D eigenvalue weighted by molar-refractivity contribution is 6.35. The van der Waals surface area contributed by atoms with Gasteiger partial charge in [0.05, 0.1) is 5.02 Å². The molecule has 7 nitrogen and oxygen atoms in total. The molecule has 1 fully saturated rings. The predicted molar refractivity (Wildman–Crippen MR) is 104 cm³/mol. The SMILES string of the molecule is CC(Nc1ccc(Oc2ncc(Cl)cc2Cl)cc1)C(=O)NC(=O)NC1CC1.